The predicted molar refractivity (Wildman–Crippen MR) is 62.0 cm³/mol. The van der Waals surface area contributed by atoms with Gasteiger partial charge < -0.3 is 10.1 Å². The summed E-state index contributed by atoms with van der Waals surface area (Å²) >= 11 is 0. The van der Waals surface area contributed by atoms with Crippen LogP contribution in [-0.4, -0.2) is 49.8 Å². The van der Waals surface area contributed by atoms with Gasteiger partial charge in [0.2, 0.25) is 0 Å². The molecule has 2 saturated heterocycles. The van der Waals surface area contributed by atoms with Gasteiger partial charge in [0, 0.05) is 25.2 Å². The highest BCUT2D eigenvalue weighted by molar-refractivity contribution is 4.91. The molecule has 2 fully saturated rings. The molecule has 0 amide bonds. The summed E-state index contributed by atoms with van der Waals surface area (Å²) in [4.78, 5) is 2.69. The Morgan fingerprint density at radius 1 is 1.27 bits per heavy atom. The maximum atomic E-state index is 5.57. The summed E-state index contributed by atoms with van der Waals surface area (Å²) in [5.74, 6) is 0.845. The topological polar surface area (TPSA) is 24.5 Å². The van der Waals surface area contributed by atoms with E-state index in [0.29, 0.717) is 6.04 Å². The van der Waals surface area contributed by atoms with Crippen LogP contribution in [0.3, 0.4) is 0 Å². The lowest BCUT2D eigenvalue weighted by Gasteiger charge is -2.41. The van der Waals surface area contributed by atoms with Crippen molar-refractivity contribution in [1.82, 2.24) is 10.2 Å². The van der Waals surface area contributed by atoms with Crippen molar-refractivity contribution in [3.8, 4) is 0 Å². The minimum Gasteiger partial charge on any atom is -0.378 e. The summed E-state index contributed by atoms with van der Waals surface area (Å²) in [6.45, 7) is 9.94. The number of hydrogen-bond acceptors (Lipinski definition) is 3. The molecule has 0 bridgehead atoms. The molecule has 0 aliphatic carbocycles. The first-order valence-corrected chi connectivity index (χ1v) is 6.41. The highest BCUT2D eigenvalue weighted by Crippen LogP contribution is 2.23. The Morgan fingerprint density at radius 3 is 2.87 bits per heavy atom. The van der Waals surface area contributed by atoms with Crippen molar-refractivity contribution in [2.24, 2.45) is 5.92 Å². The van der Waals surface area contributed by atoms with Gasteiger partial charge in [-0.15, -0.1) is 0 Å². The molecule has 3 heteroatoms. The number of morpholine rings is 1. The number of nitrogens with zero attached hydrogens (tertiary/aromatic N) is 1. The molecule has 3 atom stereocenters. The van der Waals surface area contributed by atoms with Crippen LogP contribution in [0.4, 0.5) is 0 Å². The first-order valence-electron chi connectivity index (χ1n) is 6.41. The van der Waals surface area contributed by atoms with E-state index in [1.807, 2.05) is 0 Å². The second-order valence-corrected chi connectivity index (χ2v) is 4.77. The quantitative estimate of drug-likeness (QED) is 0.758. The Balaban J connectivity index is 1.99. The molecule has 0 spiro atoms. The molecule has 2 rings (SSSR count). The molecule has 1 N–H and O–H groups in total. The first-order chi connectivity index (χ1) is 7.36. The molecular formula is C12H24N2O. The van der Waals surface area contributed by atoms with Crippen LogP contribution in [0.25, 0.3) is 0 Å². The van der Waals surface area contributed by atoms with Crippen LogP contribution >= 0.6 is 0 Å². The fourth-order valence-electron chi connectivity index (χ4n) is 2.98. The van der Waals surface area contributed by atoms with Crippen molar-refractivity contribution in [2.75, 3.05) is 32.8 Å². The molecule has 0 saturated carbocycles. The summed E-state index contributed by atoms with van der Waals surface area (Å²) in [5, 5.41) is 3.53. The summed E-state index contributed by atoms with van der Waals surface area (Å²) in [6, 6.07) is 1.40. The fourth-order valence-corrected chi connectivity index (χ4v) is 2.98. The maximum Gasteiger partial charge on any atom is 0.0622 e. The van der Waals surface area contributed by atoms with Crippen molar-refractivity contribution in [3.05, 3.63) is 0 Å². The molecule has 15 heavy (non-hydrogen) atoms. The second kappa shape index (κ2) is 5.28. The Kier molecular flexibility index (Phi) is 4.00. The van der Waals surface area contributed by atoms with E-state index in [0.717, 1.165) is 31.7 Å². The Bertz CT molecular complexity index is 198. The van der Waals surface area contributed by atoms with E-state index in [1.165, 1.54) is 25.9 Å². The van der Waals surface area contributed by atoms with Crippen LogP contribution in [0.5, 0.6) is 0 Å². The van der Waals surface area contributed by atoms with Crippen LogP contribution in [0.1, 0.15) is 26.7 Å². The molecular weight excluding hydrogens is 188 g/mol. The standard InChI is InChI=1S/C12H24N2O/c1-3-10-7-13-8-12(10)14-5-6-15-9-11(14)4-2/h10-13H,3-9H2,1-2H3. The lowest BCUT2D eigenvalue weighted by molar-refractivity contribution is -0.0346. The van der Waals surface area contributed by atoms with Gasteiger partial charge in [-0.1, -0.05) is 20.3 Å². The summed E-state index contributed by atoms with van der Waals surface area (Å²) in [7, 11) is 0. The van der Waals surface area contributed by atoms with Gasteiger partial charge in [-0.2, -0.15) is 0 Å². The van der Waals surface area contributed by atoms with Crippen LogP contribution < -0.4 is 5.32 Å². The lowest BCUT2D eigenvalue weighted by atomic mass is 9.97. The van der Waals surface area contributed by atoms with Gasteiger partial charge in [0.1, 0.15) is 0 Å². The molecule has 2 aliphatic rings. The molecule has 0 aromatic carbocycles. The second-order valence-electron chi connectivity index (χ2n) is 4.77. The van der Waals surface area contributed by atoms with E-state index in [1.54, 1.807) is 0 Å². The van der Waals surface area contributed by atoms with Gasteiger partial charge >= 0.3 is 0 Å². The van der Waals surface area contributed by atoms with Gasteiger partial charge in [-0.05, 0) is 18.9 Å². The van der Waals surface area contributed by atoms with Crippen molar-refractivity contribution in [2.45, 2.75) is 38.8 Å². The summed E-state index contributed by atoms with van der Waals surface area (Å²) in [6.07, 6.45) is 2.51. The predicted octanol–water partition coefficient (Wildman–Crippen LogP) is 1.10. The first kappa shape index (κ1) is 11.4. The zero-order valence-electron chi connectivity index (χ0n) is 10.0. The molecule has 2 aliphatic heterocycles. The normalized spacial score (nSPS) is 38.4. The molecule has 0 aromatic rings. The third-order valence-corrected chi connectivity index (χ3v) is 4.00. The summed E-state index contributed by atoms with van der Waals surface area (Å²) < 4.78 is 5.57. The van der Waals surface area contributed by atoms with Gasteiger partial charge in [-0.25, -0.2) is 0 Å². The van der Waals surface area contributed by atoms with Gasteiger partial charge in [0.25, 0.3) is 0 Å². The van der Waals surface area contributed by atoms with Gasteiger partial charge in [0.15, 0.2) is 0 Å². The average Bonchev–Trinajstić information content (AvgIpc) is 2.76. The minimum atomic E-state index is 0.651. The number of nitrogens with one attached hydrogen (secondary N) is 1. The molecule has 3 unspecified atom stereocenters. The highest BCUT2D eigenvalue weighted by Gasteiger charge is 2.35. The van der Waals surface area contributed by atoms with E-state index in [2.05, 4.69) is 24.1 Å². The van der Waals surface area contributed by atoms with Crippen LogP contribution in [-0.2, 0) is 4.74 Å². The molecule has 2 heterocycles. The molecule has 0 aromatic heterocycles. The zero-order valence-corrected chi connectivity index (χ0v) is 10.0. The third-order valence-electron chi connectivity index (χ3n) is 4.00. The smallest absolute Gasteiger partial charge is 0.0622 e. The van der Waals surface area contributed by atoms with E-state index < -0.39 is 0 Å². The van der Waals surface area contributed by atoms with Gasteiger partial charge in [0.05, 0.1) is 13.2 Å². The third kappa shape index (κ3) is 2.35. The monoisotopic (exact) mass is 212 g/mol. The largest absolute Gasteiger partial charge is 0.378 e. The minimum absolute atomic E-state index is 0.651. The van der Waals surface area contributed by atoms with Crippen molar-refractivity contribution >= 4 is 0 Å². The molecule has 3 nitrogen and oxygen atoms in total. The Morgan fingerprint density at radius 2 is 2.13 bits per heavy atom. The van der Waals surface area contributed by atoms with Crippen molar-refractivity contribution in [1.29, 1.82) is 0 Å². The van der Waals surface area contributed by atoms with Crippen LogP contribution in [0.15, 0.2) is 0 Å². The van der Waals surface area contributed by atoms with E-state index in [4.69, 9.17) is 4.74 Å². The highest BCUT2D eigenvalue weighted by atomic mass is 16.5. The average molecular weight is 212 g/mol. The van der Waals surface area contributed by atoms with Crippen molar-refractivity contribution in [3.63, 3.8) is 0 Å². The number of ether oxygens (including phenoxy) is 1. The SMILES string of the molecule is CCC1CNCC1N1CCOCC1CC. The van der Waals surface area contributed by atoms with Crippen LogP contribution in [0.2, 0.25) is 0 Å². The fraction of sp³-hybridized carbons (Fsp3) is 1.00. The van der Waals surface area contributed by atoms with E-state index in [-0.39, 0.29) is 0 Å². The van der Waals surface area contributed by atoms with Gasteiger partial charge in [-0.3, -0.25) is 4.90 Å². The zero-order chi connectivity index (χ0) is 10.7. The van der Waals surface area contributed by atoms with E-state index in [9.17, 15) is 0 Å². The number of rotatable bonds is 3. The molecule has 88 valence electrons. The maximum absolute atomic E-state index is 5.57. The Hall–Kier alpha value is -0.120. The number of hydrogen-bond donors (Lipinski definition) is 1. The van der Waals surface area contributed by atoms with Crippen molar-refractivity contribution < 1.29 is 4.74 Å². The van der Waals surface area contributed by atoms with Crippen LogP contribution in [0, 0.1) is 5.92 Å². The summed E-state index contributed by atoms with van der Waals surface area (Å²) in [5.41, 5.74) is 0. The Labute approximate surface area is 93.2 Å². The lowest BCUT2D eigenvalue weighted by Crippen LogP contribution is -2.53. The molecule has 0 radical (unpaired) electrons. The van der Waals surface area contributed by atoms with E-state index >= 15 is 0 Å².